The van der Waals surface area contributed by atoms with Gasteiger partial charge in [0, 0.05) is 37.4 Å². The summed E-state index contributed by atoms with van der Waals surface area (Å²) >= 11 is 5.65. The Morgan fingerprint density at radius 1 is 1.14 bits per heavy atom. The number of nitrogens with one attached hydrogen (secondary N) is 2. The zero-order valence-electron chi connectivity index (χ0n) is 15.5. The van der Waals surface area contributed by atoms with Crippen molar-refractivity contribution in [2.75, 3.05) is 44.1 Å². The summed E-state index contributed by atoms with van der Waals surface area (Å²) in [6, 6.07) is 9.18. The van der Waals surface area contributed by atoms with E-state index in [1.165, 1.54) is 24.3 Å². The quantitative estimate of drug-likeness (QED) is 0.688. The highest BCUT2D eigenvalue weighted by molar-refractivity contribution is 7.92. The van der Waals surface area contributed by atoms with Crippen LogP contribution in [-0.2, 0) is 14.8 Å². The minimum Gasteiger partial charge on any atom is -0.379 e. The van der Waals surface area contributed by atoms with Gasteiger partial charge in [-0.1, -0.05) is 11.6 Å². The van der Waals surface area contributed by atoms with Gasteiger partial charge in [0.25, 0.3) is 15.9 Å². The number of carbonyl (C=O) groups excluding carboxylic acids is 1. The van der Waals surface area contributed by atoms with Crippen molar-refractivity contribution in [1.29, 1.82) is 0 Å². The number of halogens is 2. The predicted molar refractivity (Wildman–Crippen MR) is 108 cm³/mol. The average molecular weight is 442 g/mol. The number of hydrogen-bond donors (Lipinski definition) is 2. The van der Waals surface area contributed by atoms with Crippen LogP contribution in [0.4, 0.5) is 10.1 Å². The maximum Gasteiger partial charge on any atom is 0.261 e. The number of hydrogen-bond acceptors (Lipinski definition) is 5. The van der Waals surface area contributed by atoms with E-state index in [-0.39, 0.29) is 21.5 Å². The molecular weight excluding hydrogens is 421 g/mol. The number of benzene rings is 2. The molecule has 0 radical (unpaired) electrons. The van der Waals surface area contributed by atoms with Gasteiger partial charge in [-0.05, 0) is 42.5 Å². The van der Waals surface area contributed by atoms with Crippen molar-refractivity contribution in [1.82, 2.24) is 10.2 Å². The summed E-state index contributed by atoms with van der Waals surface area (Å²) in [4.78, 5) is 14.3. The molecule has 29 heavy (non-hydrogen) atoms. The second kappa shape index (κ2) is 9.53. The average Bonchev–Trinajstić information content (AvgIpc) is 2.71. The maximum absolute atomic E-state index is 13.2. The Morgan fingerprint density at radius 3 is 2.48 bits per heavy atom. The molecule has 1 fully saturated rings. The van der Waals surface area contributed by atoms with Gasteiger partial charge in [0.05, 0.1) is 23.1 Å². The lowest BCUT2D eigenvalue weighted by Crippen LogP contribution is -2.41. The second-order valence-electron chi connectivity index (χ2n) is 6.47. The molecular formula is C19H21ClFN3O4S. The molecule has 0 atom stereocenters. The number of rotatable bonds is 7. The third-order valence-electron chi connectivity index (χ3n) is 4.42. The lowest BCUT2D eigenvalue weighted by molar-refractivity contribution is 0.0383. The van der Waals surface area contributed by atoms with Gasteiger partial charge in [-0.3, -0.25) is 14.4 Å². The zero-order chi connectivity index (χ0) is 20.9. The summed E-state index contributed by atoms with van der Waals surface area (Å²) in [5.41, 5.74) is 0.690. The lowest BCUT2D eigenvalue weighted by Gasteiger charge is -2.26. The van der Waals surface area contributed by atoms with Crippen LogP contribution >= 0.6 is 11.6 Å². The standard InChI is InChI=1S/C19H21ClFN3O4S/c20-17-13-16(5-6-18(17)21)29(26,27)23-15-3-1-14(2-4-15)19(25)22-7-8-24-9-11-28-12-10-24/h1-6,13,23H,7-12H2,(H,22,25). The third kappa shape index (κ3) is 5.89. The molecule has 10 heteroatoms. The van der Waals surface area contributed by atoms with Crippen LogP contribution in [0.2, 0.25) is 5.02 Å². The number of ether oxygens (including phenoxy) is 1. The number of nitrogens with zero attached hydrogens (tertiary/aromatic N) is 1. The monoisotopic (exact) mass is 441 g/mol. The van der Waals surface area contributed by atoms with E-state index in [1.807, 2.05) is 0 Å². The summed E-state index contributed by atoms with van der Waals surface area (Å²) in [7, 11) is -3.93. The summed E-state index contributed by atoms with van der Waals surface area (Å²) in [5, 5.41) is 2.56. The summed E-state index contributed by atoms with van der Waals surface area (Å²) < 4.78 is 45.7. The molecule has 7 nitrogen and oxygen atoms in total. The molecule has 0 spiro atoms. The topological polar surface area (TPSA) is 87.7 Å². The first kappa shape index (κ1) is 21.5. The van der Waals surface area contributed by atoms with E-state index in [2.05, 4.69) is 14.9 Å². The van der Waals surface area contributed by atoms with E-state index in [0.717, 1.165) is 37.8 Å². The Labute approximate surface area is 173 Å². The van der Waals surface area contributed by atoms with Gasteiger partial charge in [-0.2, -0.15) is 0 Å². The zero-order valence-corrected chi connectivity index (χ0v) is 17.1. The summed E-state index contributed by atoms with van der Waals surface area (Å²) in [6.07, 6.45) is 0. The van der Waals surface area contributed by atoms with Crippen LogP contribution in [-0.4, -0.2) is 58.6 Å². The van der Waals surface area contributed by atoms with Crippen LogP contribution in [0.3, 0.4) is 0 Å². The number of anilines is 1. The van der Waals surface area contributed by atoms with Crippen LogP contribution < -0.4 is 10.0 Å². The molecule has 156 valence electrons. The van der Waals surface area contributed by atoms with E-state index in [9.17, 15) is 17.6 Å². The molecule has 1 saturated heterocycles. The highest BCUT2D eigenvalue weighted by Gasteiger charge is 2.16. The van der Waals surface area contributed by atoms with Crippen molar-refractivity contribution in [2.45, 2.75) is 4.90 Å². The highest BCUT2D eigenvalue weighted by atomic mass is 35.5. The van der Waals surface area contributed by atoms with Gasteiger partial charge >= 0.3 is 0 Å². The first-order valence-corrected chi connectivity index (χ1v) is 10.9. The van der Waals surface area contributed by atoms with Gasteiger partial charge in [-0.15, -0.1) is 0 Å². The van der Waals surface area contributed by atoms with Crippen LogP contribution in [0.5, 0.6) is 0 Å². The highest BCUT2D eigenvalue weighted by Crippen LogP contribution is 2.22. The molecule has 1 amide bonds. The van der Waals surface area contributed by atoms with E-state index in [0.29, 0.717) is 25.3 Å². The maximum atomic E-state index is 13.2. The predicted octanol–water partition coefficient (Wildman–Crippen LogP) is 2.34. The SMILES string of the molecule is O=C(NCCN1CCOCC1)c1ccc(NS(=O)(=O)c2ccc(F)c(Cl)c2)cc1. The third-order valence-corrected chi connectivity index (χ3v) is 6.09. The number of carbonyl (C=O) groups is 1. The molecule has 0 unspecified atom stereocenters. The van der Waals surface area contributed by atoms with E-state index in [1.54, 1.807) is 0 Å². The second-order valence-corrected chi connectivity index (χ2v) is 8.56. The van der Waals surface area contributed by atoms with E-state index in [4.69, 9.17) is 16.3 Å². The van der Waals surface area contributed by atoms with Crippen LogP contribution in [0.25, 0.3) is 0 Å². The molecule has 1 aliphatic rings. The Balaban J connectivity index is 1.56. The fourth-order valence-electron chi connectivity index (χ4n) is 2.80. The first-order valence-electron chi connectivity index (χ1n) is 9.01. The number of morpholine rings is 1. The molecule has 0 bridgehead atoms. The van der Waals surface area contributed by atoms with Crippen LogP contribution in [0.1, 0.15) is 10.4 Å². The molecule has 1 heterocycles. The molecule has 0 saturated carbocycles. The van der Waals surface area contributed by atoms with E-state index < -0.39 is 15.8 Å². The van der Waals surface area contributed by atoms with Gasteiger partial charge in [0.1, 0.15) is 5.82 Å². The molecule has 2 N–H and O–H groups in total. The Hall–Kier alpha value is -2.20. The smallest absolute Gasteiger partial charge is 0.261 e. The molecule has 2 aromatic rings. The first-order chi connectivity index (χ1) is 13.8. The number of sulfonamides is 1. The van der Waals surface area contributed by atoms with Crippen LogP contribution in [0.15, 0.2) is 47.4 Å². The summed E-state index contributed by atoms with van der Waals surface area (Å²) in [6.45, 7) is 4.37. The Bertz CT molecular complexity index is 964. The summed E-state index contributed by atoms with van der Waals surface area (Å²) in [5.74, 6) is -0.937. The Kier molecular flexibility index (Phi) is 7.07. The van der Waals surface area contributed by atoms with Crippen LogP contribution in [0, 0.1) is 5.82 Å². The van der Waals surface area contributed by atoms with Crippen molar-refractivity contribution in [3.8, 4) is 0 Å². The largest absolute Gasteiger partial charge is 0.379 e. The number of amides is 1. The Morgan fingerprint density at radius 2 is 1.83 bits per heavy atom. The van der Waals surface area contributed by atoms with Gasteiger partial charge < -0.3 is 10.1 Å². The molecule has 1 aliphatic heterocycles. The fraction of sp³-hybridized carbons (Fsp3) is 0.316. The molecule has 0 aromatic heterocycles. The van der Waals surface area contributed by atoms with Crippen molar-refractivity contribution < 1.29 is 22.3 Å². The minimum atomic E-state index is -3.93. The molecule has 0 aliphatic carbocycles. The molecule has 2 aromatic carbocycles. The van der Waals surface area contributed by atoms with Crippen molar-refractivity contribution in [3.05, 3.63) is 58.9 Å². The van der Waals surface area contributed by atoms with E-state index >= 15 is 0 Å². The normalized spacial score (nSPS) is 15.1. The van der Waals surface area contributed by atoms with Gasteiger partial charge in [0.2, 0.25) is 0 Å². The van der Waals surface area contributed by atoms with Crippen molar-refractivity contribution in [2.24, 2.45) is 0 Å². The van der Waals surface area contributed by atoms with Crippen molar-refractivity contribution in [3.63, 3.8) is 0 Å². The van der Waals surface area contributed by atoms with Gasteiger partial charge in [0.15, 0.2) is 0 Å². The van der Waals surface area contributed by atoms with Crippen molar-refractivity contribution >= 4 is 33.2 Å². The lowest BCUT2D eigenvalue weighted by atomic mass is 10.2. The fourth-order valence-corrected chi connectivity index (χ4v) is 4.13. The minimum absolute atomic E-state index is 0.158. The molecule has 3 rings (SSSR count). The van der Waals surface area contributed by atoms with Gasteiger partial charge in [-0.25, -0.2) is 12.8 Å².